The van der Waals surface area contributed by atoms with Crippen LogP contribution in [0.15, 0.2) is 47.5 Å². The highest BCUT2D eigenvalue weighted by Crippen LogP contribution is 2.28. The van der Waals surface area contributed by atoms with Crippen LogP contribution in [0.25, 0.3) is 0 Å². The van der Waals surface area contributed by atoms with Gasteiger partial charge in [-0.1, -0.05) is 16.9 Å². The summed E-state index contributed by atoms with van der Waals surface area (Å²) in [5, 5.41) is 14.3. The van der Waals surface area contributed by atoms with Gasteiger partial charge in [0.15, 0.2) is 11.0 Å². The second-order valence-corrected chi connectivity index (χ2v) is 5.82. The first-order chi connectivity index (χ1) is 9.92. The summed E-state index contributed by atoms with van der Waals surface area (Å²) in [4.78, 5) is 26.9. The number of rotatable bonds is 3. The Morgan fingerprint density at radius 2 is 2.24 bits per heavy atom. The normalized spacial score (nSPS) is 11.6. The van der Waals surface area contributed by atoms with Crippen molar-refractivity contribution in [3.8, 4) is 0 Å². The van der Waals surface area contributed by atoms with Crippen LogP contribution in [0.3, 0.4) is 0 Å². The second-order valence-electron chi connectivity index (χ2n) is 3.93. The van der Waals surface area contributed by atoms with E-state index < -0.39 is 11.1 Å². The monoisotopic (exact) mass is 371 g/mol. The Balaban J connectivity index is 2.37. The number of amidine groups is 1. The number of aromatic nitrogens is 3. The number of hydrogen-bond acceptors (Lipinski definition) is 6. The van der Waals surface area contributed by atoms with Gasteiger partial charge in [0.1, 0.15) is 0 Å². The van der Waals surface area contributed by atoms with Crippen molar-refractivity contribution in [1.82, 2.24) is 14.8 Å². The van der Waals surface area contributed by atoms with E-state index in [-0.39, 0.29) is 5.84 Å². The maximum atomic E-state index is 11.3. The Kier molecular flexibility index (Phi) is 4.48. The number of hydrogen-bond donors (Lipinski definition) is 3. The van der Waals surface area contributed by atoms with Crippen molar-refractivity contribution < 1.29 is 5.21 Å². The van der Waals surface area contributed by atoms with E-state index in [1.54, 1.807) is 25.2 Å². The average Bonchev–Trinajstić information content (AvgIpc) is 2.44. The highest BCUT2D eigenvalue weighted by Gasteiger charge is 2.10. The molecule has 2 rings (SSSR count). The summed E-state index contributed by atoms with van der Waals surface area (Å²) < 4.78 is 1.98. The summed E-state index contributed by atoms with van der Waals surface area (Å²) in [6.07, 6.45) is 0. The van der Waals surface area contributed by atoms with Crippen molar-refractivity contribution in [2.45, 2.75) is 10.1 Å². The van der Waals surface area contributed by atoms with Crippen molar-refractivity contribution in [2.75, 3.05) is 0 Å². The first-order valence-electron chi connectivity index (χ1n) is 5.55. The molecule has 21 heavy (non-hydrogen) atoms. The van der Waals surface area contributed by atoms with Gasteiger partial charge in [-0.2, -0.15) is 4.98 Å². The SMILES string of the molecule is Cn1[nH]c(=O)c(=O)nc1Sc1ccc(/C(N)=N/O)c(Br)c1. The van der Waals surface area contributed by atoms with Gasteiger partial charge in [0.25, 0.3) is 0 Å². The standard InChI is InChI=1S/C11H10BrN5O3S/c1-17-11(14-9(18)10(19)15-17)21-5-2-3-6(7(12)4-5)8(13)16-20/h2-4,20H,1H3,(H2,13,16)(H,15,19). The van der Waals surface area contributed by atoms with Crippen LogP contribution in [0.1, 0.15) is 5.56 Å². The molecule has 0 unspecified atom stereocenters. The molecule has 10 heteroatoms. The van der Waals surface area contributed by atoms with E-state index >= 15 is 0 Å². The lowest BCUT2D eigenvalue weighted by Crippen LogP contribution is -2.33. The number of H-pyrrole nitrogens is 1. The van der Waals surface area contributed by atoms with Gasteiger partial charge in [0.05, 0.1) is 0 Å². The van der Waals surface area contributed by atoms with Crippen LogP contribution >= 0.6 is 27.7 Å². The Hall–Kier alpha value is -2.07. The zero-order chi connectivity index (χ0) is 15.6. The minimum Gasteiger partial charge on any atom is -0.409 e. The molecule has 0 saturated carbocycles. The summed E-state index contributed by atoms with van der Waals surface area (Å²) in [6.45, 7) is 0. The lowest BCUT2D eigenvalue weighted by atomic mass is 10.2. The third kappa shape index (κ3) is 3.34. The van der Waals surface area contributed by atoms with Crippen LogP contribution in [0, 0.1) is 0 Å². The Morgan fingerprint density at radius 3 is 2.86 bits per heavy atom. The molecule has 1 aromatic heterocycles. The van der Waals surface area contributed by atoms with Gasteiger partial charge in [-0.05, 0) is 34.1 Å². The van der Waals surface area contributed by atoms with E-state index in [1.807, 2.05) is 0 Å². The van der Waals surface area contributed by atoms with E-state index in [9.17, 15) is 9.59 Å². The number of aromatic amines is 1. The minimum absolute atomic E-state index is 0.0204. The molecule has 1 heterocycles. The Morgan fingerprint density at radius 1 is 1.52 bits per heavy atom. The molecular weight excluding hydrogens is 362 g/mol. The topological polar surface area (TPSA) is 126 Å². The van der Waals surface area contributed by atoms with Crippen molar-refractivity contribution >= 4 is 33.5 Å². The molecule has 0 radical (unpaired) electrons. The first kappa shape index (κ1) is 15.3. The second kappa shape index (κ2) is 6.14. The zero-order valence-electron chi connectivity index (χ0n) is 10.7. The lowest BCUT2D eigenvalue weighted by molar-refractivity contribution is 0.318. The Bertz CT molecular complexity index is 829. The fourth-order valence-corrected chi connectivity index (χ4v) is 3.05. The minimum atomic E-state index is -0.844. The number of oxime groups is 1. The van der Waals surface area contributed by atoms with E-state index in [1.165, 1.54) is 16.4 Å². The number of nitrogens with zero attached hydrogens (tertiary/aromatic N) is 3. The van der Waals surface area contributed by atoms with E-state index in [4.69, 9.17) is 10.9 Å². The summed E-state index contributed by atoms with van der Waals surface area (Å²) in [7, 11) is 1.58. The van der Waals surface area contributed by atoms with Gasteiger partial charge in [0.2, 0.25) is 0 Å². The fraction of sp³-hybridized carbons (Fsp3) is 0.0909. The van der Waals surface area contributed by atoms with Crippen LogP contribution in [-0.2, 0) is 7.05 Å². The smallest absolute Gasteiger partial charge is 0.339 e. The zero-order valence-corrected chi connectivity index (χ0v) is 13.1. The third-order valence-corrected chi connectivity index (χ3v) is 4.17. The van der Waals surface area contributed by atoms with Crippen LogP contribution < -0.4 is 16.9 Å². The molecule has 0 saturated heterocycles. The maximum absolute atomic E-state index is 11.3. The molecule has 110 valence electrons. The molecule has 0 bridgehead atoms. The number of halogens is 1. The number of benzene rings is 1. The van der Waals surface area contributed by atoms with Crippen LogP contribution in [-0.4, -0.2) is 25.8 Å². The van der Waals surface area contributed by atoms with Crippen molar-refractivity contribution in [2.24, 2.45) is 17.9 Å². The Labute approximate surface area is 130 Å². The molecule has 2 aromatic rings. The summed E-state index contributed by atoms with van der Waals surface area (Å²) in [5.41, 5.74) is 4.44. The van der Waals surface area contributed by atoms with Gasteiger partial charge in [-0.25, -0.2) is 0 Å². The molecule has 0 fully saturated rings. The first-order valence-corrected chi connectivity index (χ1v) is 7.16. The molecule has 0 aliphatic carbocycles. The lowest BCUT2D eigenvalue weighted by Gasteiger charge is -2.08. The highest BCUT2D eigenvalue weighted by atomic mass is 79.9. The summed E-state index contributed by atoms with van der Waals surface area (Å²) in [6, 6.07) is 5.11. The average molecular weight is 372 g/mol. The van der Waals surface area contributed by atoms with Crippen LogP contribution in [0.5, 0.6) is 0 Å². The fourth-order valence-electron chi connectivity index (χ4n) is 1.48. The predicted octanol–water partition coefficient (Wildman–Crippen LogP) is 0.477. The molecule has 8 nitrogen and oxygen atoms in total. The van der Waals surface area contributed by atoms with Gasteiger partial charge >= 0.3 is 11.1 Å². The van der Waals surface area contributed by atoms with E-state index in [0.717, 1.165) is 4.90 Å². The predicted molar refractivity (Wildman–Crippen MR) is 80.9 cm³/mol. The number of nitrogens with two attached hydrogens (primary N) is 1. The third-order valence-electron chi connectivity index (χ3n) is 2.48. The van der Waals surface area contributed by atoms with E-state index in [2.05, 4.69) is 31.2 Å². The summed E-state index contributed by atoms with van der Waals surface area (Å²) in [5.74, 6) is -0.0204. The van der Waals surface area contributed by atoms with Gasteiger partial charge in [0, 0.05) is 22.0 Å². The van der Waals surface area contributed by atoms with Gasteiger partial charge in [-0.15, -0.1) is 0 Å². The maximum Gasteiger partial charge on any atom is 0.339 e. The highest BCUT2D eigenvalue weighted by molar-refractivity contribution is 9.10. The molecule has 1 aromatic carbocycles. The molecule has 0 amide bonds. The van der Waals surface area contributed by atoms with Gasteiger partial charge < -0.3 is 10.9 Å². The molecule has 0 atom stereocenters. The molecule has 4 N–H and O–H groups in total. The van der Waals surface area contributed by atoms with Gasteiger partial charge in [-0.3, -0.25) is 19.4 Å². The van der Waals surface area contributed by atoms with Crippen molar-refractivity contribution in [1.29, 1.82) is 0 Å². The van der Waals surface area contributed by atoms with Crippen LogP contribution in [0.2, 0.25) is 0 Å². The molecule has 0 aliphatic heterocycles. The quantitative estimate of drug-likeness (QED) is 0.237. The van der Waals surface area contributed by atoms with Crippen LogP contribution in [0.4, 0.5) is 0 Å². The van der Waals surface area contributed by atoms with Crippen molar-refractivity contribution in [3.63, 3.8) is 0 Å². The largest absolute Gasteiger partial charge is 0.409 e. The summed E-state index contributed by atoms with van der Waals surface area (Å²) >= 11 is 4.50. The molecule has 0 aliphatic rings. The molecular formula is C11H10BrN5O3S. The van der Waals surface area contributed by atoms with E-state index in [0.29, 0.717) is 15.2 Å². The molecule has 0 spiro atoms. The number of aryl methyl sites for hydroxylation is 1. The number of nitrogens with one attached hydrogen (secondary N) is 1. The van der Waals surface area contributed by atoms with Crippen molar-refractivity contribution in [3.05, 3.63) is 48.9 Å².